The van der Waals surface area contributed by atoms with Crippen molar-refractivity contribution in [2.24, 2.45) is 0 Å². The molecule has 0 fully saturated rings. The Morgan fingerprint density at radius 3 is 2.43 bits per heavy atom. The smallest absolute Gasteiger partial charge is 0.321 e. The van der Waals surface area contributed by atoms with Crippen LogP contribution in [0.2, 0.25) is 0 Å². The van der Waals surface area contributed by atoms with Gasteiger partial charge in [-0.3, -0.25) is 4.79 Å². The van der Waals surface area contributed by atoms with E-state index >= 15 is 0 Å². The Labute approximate surface area is 132 Å². The van der Waals surface area contributed by atoms with E-state index in [0.717, 1.165) is 17.7 Å². The van der Waals surface area contributed by atoms with E-state index < -0.39 is 39.1 Å². The third-order valence-corrected chi connectivity index (χ3v) is 4.27. The number of halogens is 2. The second-order valence-electron chi connectivity index (χ2n) is 4.55. The summed E-state index contributed by atoms with van der Waals surface area (Å²) >= 11 is 0. The van der Waals surface area contributed by atoms with E-state index in [9.17, 15) is 22.0 Å². The molecule has 1 N–H and O–H groups in total. The van der Waals surface area contributed by atoms with Gasteiger partial charge in [0.2, 0.25) is 10.0 Å². The normalized spacial score (nSPS) is 11.2. The number of carbonyl (C=O) groups is 1. The number of sulfonamides is 1. The fourth-order valence-corrected chi connectivity index (χ4v) is 2.74. The van der Waals surface area contributed by atoms with Crippen LogP contribution in [-0.4, -0.2) is 20.9 Å². The summed E-state index contributed by atoms with van der Waals surface area (Å²) in [6, 6.07) is 10.9. The molecule has 0 spiro atoms. The average Bonchev–Trinajstić information content (AvgIpc) is 2.51. The summed E-state index contributed by atoms with van der Waals surface area (Å²) in [6.07, 6.45) is 0. The Bertz CT molecular complexity index is 794. The molecule has 0 atom stereocenters. The molecule has 0 aliphatic rings. The second kappa shape index (κ2) is 7.30. The van der Waals surface area contributed by atoms with Crippen molar-refractivity contribution in [1.82, 2.24) is 4.72 Å². The van der Waals surface area contributed by atoms with Gasteiger partial charge in [-0.2, -0.15) is 4.72 Å². The van der Waals surface area contributed by atoms with Crippen LogP contribution in [0.1, 0.15) is 5.56 Å². The maximum Gasteiger partial charge on any atom is 0.321 e. The highest BCUT2D eigenvalue weighted by Gasteiger charge is 2.20. The summed E-state index contributed by atoms with van der Waals surface area (Å²) in [5.41, 5.74) is 0.744. The number of benzene rings is 2. The highest BCUT2D eigenvalue weighted by Crippen LogP contribution is 2.15. The summed E-state index contributed by atoms with van der Waals surface area (Å²) in [5.74, 6) is -2.96. The van der Waals surface area contributed by atoms with E-state index in [4.69, 9.17) is 4.74 Å². The molecule has 0 aliphatic carbocycles. The first-order chi connectivity index (χ1) is 10.9. The number of rotatable bonds is 6. The minimum Gasteiger partial charge on any atom is -0.460 e. The number of ether oxygens (including phenoxy) is 1. The SMILES string of the molecule is O=C(CNS(=O)(=O)c1ccc(F)cc1F)OCc1ccccc1. The highest BCUT2D eigenvalue weighted by molar-refractivity contribution is 7.89. The Hall–Kier alpha value is -2.32. The van der Waals surface area contributed by atoms with Gasteiger partial charge in [0.15, 0.2) is 0 Å². The lowest BCUT2D eigenvalue weighted by Crippen LogP contribution is -2.31. The molecule has 2 rings (SSSR count). The lowest BCUT2D eigenvalue weighted by molar-refractivity contribution is -0.143. The van der Waals surface area contributed by atoms with Crippen LogP contribution in [0, 0.1) is 11.6 Å². The van der Waals surface area contributed by atoms with Crippen LogP contribution < -0.4 is 4.72 Å². The molecule has 0 radical (unpaired) electrons. The molecule has 2 aromatic carbocycles. The molecule has 5 nitrogen and oxygen atoms in total. The number of carbonyl (C=O) groups excluding carboxylic acids is 1. The third kappa shape index (κ3) is 4.83. The number of hydrogen-bond acceptors (Lipinski definition) is 4. The summed E-state index contributed by atoms with van der Waals surface area (Å²) in [4.78, 5) is 10.8. The Morgan fingerprint density at radius 2 is 1.78 bits per heavy atom. The maximum absolute atomic E-state index is 13.5. The first kappa shape index (κ1) is 17.0. The van der Waals surface area contributed by atoms with E-state index in [0.29, 0.717) is 6.07 Å². The van der Waals surface area contributed by atoms with Gasteiger partial charge in [0, 0.05) is 6.07 Å². The van der Waals surface area contributed by atoms with Crippen molar-refractivity contribution in [3.8, 4) is 0 Å². The molecule has 0 heterocycles. The zero-order chi connectivity index (χ0) is 16.9. The van der Waals surface area contributed by atoms with Crippen molar-refractivity contribution in [3.63, 3.8) is 0 Å². The summed E-state index contributed by atoms with van der Waals surface area (Å²) in [5, 5.41) is 0. The van der Waals surface area contributed by atoms with E-state index in [1.165, 1.54) is 0 Å². The number of nitrogens with one attached hydrogen (secondary N) is 1. The Kier molecular flexibility index (Phi) is 5.41. The predicted molar refractivity (Wildman–Crippen MR) is 77.8 cm³/mol. The fourth-order valence-electron chi connectivity index (χ4n) is 1.71. The highest BCUT2D eigenvalue weighted by atomic mass is 32.2. The Morgan fingerprint density at radius 1 is 1.09 bits per heavy atom. The zero-order valence-corrected chi connectivity index (χ0v) is 12.6. The van der Waals surface area contributed by atoms with Gasteiger partial charge in [0.25, 0.3) is 0 Å². The molecule has 2 aromatic rings. The minimum atomic E-state index is -4.28. The van der Waals surface area contributed by atoms with Crippen LogP contribution in [0.5, 0.6) is 0 Å². The predicted octanol–water partition coefficient (Wildman–Crippen LogP) is 1.99. The molecule has 0 unspecified atom stereocenters. The molecule has 0 saturated heterocycles. The van der Waals surface area contributed by atoms with Crippen LogP contribution in [0.25, 0.3) is 0 Å². The summed E-state index contributed by atoms with van der Waals surface area (Å²) in [6.45, 7) is -0.668. The maximum atomic E-state index is 13.5. The van der Waals surface area contributed by atoms with E-state index in [-0.39, 0.29) is 6.61 Å². The van der Waals surface area contributed by atoms with Crippen molar-refractivity contribution in [2.45, 2.75) is 11.5 Å². The molecular weight excluding hydrogens is 328 g/mol. The van der Waals surface area contributed by atoms with Crippen LogP contribution in [0.4, 0.5) is 8.78 Å². The molecule has 0 amide bonds. The van der Waals surface area contributed by atoms with Gasteiger partial charge in [-0.15, -0.1) is 0 Å². The van der Waals surface area contributed by atoms with Gasteiger partial charge < -0.3 is 4.74 Å². The Balaban J connectivity index is 1.92. The van der Waals surface area contributed by atoms with Gasteiger partial charge in [-0.1, -0.05) is 30.3 Å². The van der Waals surface area contributed by atoms with Gasteiger partial charge in [0.05, 0.1) is 0 Å². The van der Waals surface area contributed by atoms with Gasteiger partial charge in [0.1, 0.15) is 29.7 Å². The molecule has 0 aromatic heterocycles. The number of hydrogen-bond donors (Lipinski definition) is 1. The van der Waals surface area contributed by atoms with Crippen LogP contribution in [0.15, 0.2) is 53.4 Å². The first-order valence-corrected chi connectivity index (χ1v) is 8.01. The molecule has 8 heteroatoms. The number of esters is 1. The second-order valence-corrected chi connectivity index (χ2v) is 6.28. The molecule has 0 bridgehead atoms. The molecule has 0 aliphatic heterocycles. The summed E-state index contributed by atoms with van der Waals surface area (Å²) < 4.78 is 56.8. The monoisotopic (exact) mass is 341 g/mol. The lowest BCUT2D eigenvalue weighted by Gasteiger charge is -2.08. The topological polar surface area (TPSA) is 72.5 Å². The molecule has 23 heavy (non-hydrogen) atoms. The third-order valence-electron chi connectivity index (χ3n) is 2.83. The largest absolute Gasteiger partial charge is 0.460 e. The van der Waals surface area contributed by atoms with Crippen molar-refractivity contribution in [3.05, 3.63) is 65.7 Å². The van der Waals surface area contributed by atoms with Gasteiger partial charge >= 0.3 is 5.97 Å². The van der Waals surface area contributed by atoms with E-state index in [1.807, 2.05) is 4.72 Å². The van der Waals surface area contributed by atoms with Crippen molar-refractivity contribution >= 4 is 16.0 Å². The van der Waals surface area contributed by atoms with Gasteiger partial charge in [-0.25, -0.2) is 17.2 Å². The molecule has 0 saturated carbocycles. The lowest BCUT2D eigenvalue weighted by atomic mass is 10.2. The van der Waals surface area contributed by atoms with Gasteiger partial charge in [-0.05, 0) is 17.7 Å². The van der Waals surface area contributed by atoms with Crippen molar-refractivity contribution in [1.29, 1.82) is 0 Å². The van der Waals surface area contributed by atoms with Crippen LogP contribution >= 0.6 is 0 Å². The van der Waals surface area contributed by atoms with E-state index in [2.05, 4.69) is 0 Å². The van der Waals surface area contributed by atoms with Crippen LogP contribution in [-0.2, 0) is 26.2 Å². The van der Waals surface area contributed by atoms with Crippen LogP contribution in [0.3, 0.4) is 0 Å². The first-order valence-electron chi connectivity index (χ1n) is 6.53. The van der Waals surface area contributed by atoms with E-state index in [1.54, 1.807) is 30.3 Å². The molecule has 122 valence electrons. The average molecular weight is 341 g/mol. The standard InChI is InChI=1S/C15H13F2NO4S/c16-12-6-7-14(13(17)8-12)23(20,21)18-9-15(19)22-10-11-4-2-1-3-5-11/h1-8,18H,9-10H2. The minimum absolute atomic E-state index is 0.00763. The fraction of sp³-hybridized carbons (Fsp3) is 0.133. The zero-order valence-electron chi connectivity index (χ0n) is 11.8. The summed E-state index contributed by atoms with van der Waals surface area (Å²) in [7, 11) is -4.28. The van der Waals surface area contributed by atoms with Crippen molar-refractivity contribution < 1.29 is 26.7 Å². The van der Waals surface area contributed by atoms with Crippen molar-refractivity contribution in [2.75, 3.05) is 6.54 Å². The quantitative estimate of drug-likeness (QED) is 0.816. The molecular formula is C15H13F2NO4S.